The number of para-hydroxylation sites is 1. The third-order valence-corrected chi connectivity index (χ3v) is 3.01. The van der Waals surface area contributed by atoms with Crippen LogP contribution >= 0.6 is 0 Å². The number of rotatable bonds is 7. The summed E-state index contributed by atoms with van der Waals surface area (Å²) in [4.78, 5) is 1.90. The van der Waals surface area contributed by atoms with Crippen LogP contribution in [0.5, 0.6) is 0 Å². The molecule has 1 N–H and O–H groups in total. The van der Waals surface area contributed by atoms with E-state index in [1.54, 1.807) is 13.2 Å². The zero-order chi connectivity index (χ0) is 13.5. The van der Waals surface area contributed by atoms with Crippen molar-refractivity contribution in [3.05, 3.63) is 29.6 Å². The number of nitrogens with one attached hydrogen (secondary N) is 1. The van der Waals surface area contributed by atoms with Crippen molar-refractivity contribution in [3.8, 4) is 0 Å². The molecule has 1 aromatic carbocycles. The molecule has 0 saturated heterocycles. The van der Waals surface area contributed by atoms with Gasteiger partial charge in [-0.3, -0.25) is 0 Å². The zero-order valence-electron chi connectivity index (χ0n) is 11.7. The highest BCUT2D eigenvalue weighted by atomic mass is 19.1. The molecule has 102 valence electrons. The maximum absolute atomic E-state index is 14.0. The largest absolute Gasteiger partial charge is 0.383 e. The molecule has 1 unspecified atom stereocenters. The lowest BCUT2D eigenvalue weighted by Crippen LogP contribution is -2.27. The number of halogens is 1. The third-order valence-electron chi connectivity index (χ3n) is 3.01. The van der Waals surface area contributed by atoms with Gasteiger partial charge in [-0.05, 0) is 25.1 Å². The Morgan fingerprint density at radius 2 is 2.17 bits per heavy atom. The first-order chi connectivity index (χ1) is 8.61. The van der Waals surface area contributed by atoms with E-state index in [0.717, 1.165) is 12.1 Å². The fraction of sp³-hybridized carbons (Fsp3) is 0.571. The van der Waals surface area contributed by atoms with Crippen LogP contribution in [0.4, 0.5) is 10.1 Å². The predicted molar refractivity (Wildman–Crippen MR) is 73.6 cm³/mol. The number of hydrogen-bond donors (Lipinski definition) is 1. The van der Waals surface area contributed by atoms with Crippen molar-refractivity contribution in [2.24, 2.45) is 0 Å². The van der Waals surface area contributed by atoms with Gasteiger partial charge < -0.3 is 15.0 Å². The topological polar surface area (TPSA) is 24.5 Å². The molecule has 0 aliphatic carbocycles. The Morgan fingerprint density at radius 3 is 2.78 bits per heavy atom. The Kier molecular flexibility index (Phi) is 6.09. The molecule has 1 rings (SSSR count). The number of likely N-dealkylation sites (N-methyl/N-ethyl adjacent to an activating group) is 1. The number of ether oxygens (including phenoxy) is 1. The van der Waals surface area contributed by atoms with Crippen molar-refractivity contribution in [3.63, 3.8) is 0 Å². The lowest BCUT2D eigenvalue weighted by Gasteiger charge is -2.25. The molecule has 3 nitrogen and oxygen atoms in total. The number of hydrogen-bond acceptors (Lipinski definition) is 3. The van der Waals surface area contributed by atoms with Gasteiger partial charge in [-0.2, -0.15) is 0 Å². The number of benzene rings is 1. The summed E-state index contributed by atoms with van der Waals surface area (Å²) in [6.45, 7) is 6.21. The van der Waals surface area contributed by atoms with Crippen LogP contribution in [-0.2, 0) is 4.74 Å². The first kappa shape index (κ1) is 14.9. The summed E-state index contributed by atoms with van der Waals surface area (Å²) in [5.41, 5.74) is 1.64. The Balaban J connectivity index is 2.99. The first-order valence-corrected chi connectivity index (χ1v) is 6.33. The van der Waals surface area contributed by atoms with Gasteiger partial charge in [0.2, 0.25) is 0 Å². The second kappa shape index (κ2) is 7.34. The summed E-state index contributed by atoms with van der Waals surface area (Å²) in [5.74, 6) is -0.184. The van der Waals surface area contributed by atoms with Crippen LogP contribution < -0.4 is 10.2 Å². The molecule has 0 aliphatic heterocycles. The van der Waals surface area contributed by atoms with Crippen LogP contribution in [0.15, 0.2) is 18.2 Å². The van der Waals surface area contributed by atoms with Gasteiger partial charge >= 0.3 is 0 Å². The Hall–Kier alpha value is -1.13. The highest BCUT2D eigenvalue weighted by Crippen LogP contribution is 2.28. The molecule has 0 bridgehead atoms. The van der Waals surface area contributed by atoms with E-state index in [2.05, 4.69) is 5.32 Å². The molecule has 0 fully saturated rings. The van der Waals surface area contributed by atoms with Gasteiger partial charge in [0.05, 0.1) is 12.3 Å². The second-order valence-corrected chi connectivity index (χ2v) is 4.37. The van der Waals surface area contributed by atoms with Crippen LogP contribution in [0, 0.1) is 5.82 Å². The predicted octanol–water partition coefficient (Wildman–Crippen LogP) is 2.58. The van der Waals surface area contributed by atoms with E-state index in [9.17, 15) is 4.39 Å². The normalized spacial score (nSPS) is 12.5. The summed E-state index contributed by atoms with van der Waals surface area (Å²) in [5, 5.41) is 3.32. The maximum Gasteiger partial charge on any atom is 0.146 e. The van der Waals surface area contributed by atoms with Crippen molar-refractivity contribution < 1.29 is 9.13 Å². The summed E-state index contributed by atoms with van der Waals surface area (Å²) in [7, 11) is 3.54. The molecule has 0 aromatic heterocycles. The maximum atomic E-state index is 14.0. The molecular weight excluding hydrogens is 231 g/mol. The minimum atomic E-state index is -0.184. The van der Waals surface area contributed by atoms with Gasteiger partial charge in [0.1, 0.15) is 5.82 Å². The van der Waals surface area contributed by atoms with E-state index < -0.39 is 0 Å². The Morgan fingerprint density at radius 1 is 1.44 bits per heavy atom. The van der Waals surface area contributed by atoms with Gasteiger partial charge in [0.25, 0.3) is 0 Å². The van der Waals surface area contributed by atoms with Crippen LogP contribution in [0.1, 0.15) is 25.5 Å². The quantitative estimate of drug-likeness (QED) is 0.809. The molecule has 4 heteroatoms. The second-order valence-electron chi connectivity index (χ2n) is 4.37. The summed E-state index contributed by atoms with van der Waals surface area (Å²) in [6, 6.07) is 5.35. The van der Waals surface area contributed by atoms with Gasteiger partial charge in [0, 0.05) is 26.7 Å². The van der Waals surface area contributed by atoms with Crippen LogP contribution in [0.25, 0.3) is 0 Å². The molecule has 0 radical (unpaired) electrons. The molecule has 18 heavy (non-hydrogen) atoms. The molecule has 0 heterocycles. The van der Waals surface area contributed by atoms with E-state index in [1.807, 2.05) is 31.9 Å². The van der Waals surface area contributed by atoms with Gasteiger partial charge in [-0.1, -0.05) is 19.1 Å². The number of anilines is 1. The van der Waals surface area contributed by atoms with Gasteiger partial charge in [-0.15, -0.1) is 0 Å². The van der Waals surface area contributed by atoms with Gasteiger partial charge in [0.15, 0.2) is 0 Å². The molecule has 0 saturated carbocycles. The summed E-state index contributed by atoms with van der Waals surface area (Å²) in [6.07, 6.45) is 0. The number of nitrogens with zero attached hydrogens (tertiary/aromatic N) is 1. The Bertz CT molecular complexity index is 371. The van der Waals surface area contributed by atoms with E-state index in [1.165, 1.54) is 6.07 Å². The van der Waals surface area contributed by atoms with Crippen molar-refractivity contribution in [1.29, 1.82) is 0 Å². The average molecular weight is 254 g/mol. The lowest BCUT2D eigenvalue weighted by molar-refractivity contribution is 0.206. The molecule has 1 aromatic rings. The van der Waals surface area contributed by atoms with Crippen molar-refractivity contribution in [2.45, 2.75) is 19.9 Å². The molecule has 0 amide bonds. The van der Waals surface area contributed by atoms with Crippen molar-refractivity contribution in [2.75, 3.05) is 38.8 Å². The van der Waals surface area contributed by atoms with E-state index >= 15 is 0 Å². The minimum Gasteiger partial charge on any atom is -0.383 e. The third kappa shape index (κ3) is 3.68. The van der Waals surface area contributed by atoms with Gasteiger partial charge in [-0.25, -0.2) is 4.39 Å². The average Bonchev–Trinajstić information content (AvgIpc) is 2.35. The van der Waals surface area contributed by atoms with Crippen molar-refractivity contribution in [1.82, 2.24) is 5.32 Å². The monoisotopic (exact) mass is 254 g/mol. The standard InChI is InChI=1S/C14H23FN2O/c1-5-16-11(2)12-7-6-8-13(15)14(12)17(3)9-10-18-4/h6-8,11,16H,5,9-10H2,1-4H3. The Labute approximate surface area is 109 Å². The summed E-state index contributed by atoms with van der Waals surface area (Å²) >= 11 is 0. The molecular formula is C14H23FN2O. The van der Waals surface area contributed by atoms with E-state index in [-0.39, 0.29) is 11.9 Å². The first-order valence-electron chi connectivity index (χ1n) is 6.33. The van der Waals surface area contributed by atoms with Crippen LogP contribution in [0.2, 0.25) is 0 Å². The van der Waals surface area contributed by atoms with Crippen LogP contribution in [0.3, 0.4) is 0 Å². The SMILES string of the molecule is CCNC(C)c1cccc(F)c1N(C)CCOC. The minimum absolute atomic E-state index is 0.130. The molecule has 0 spiro atoms. The lowest BCUT2D eigenvalue weighted by atomic mass is 10.0. The molecule has 0 aliphatic rings. The fourth-order valence-corrected chi connectivity index (χ4v) is 2.04. The molecule has 1 atom stereocenters. The summed E-state index contributed by atoms with van der Waals surface area (Å²) < 4.78 is 19.1. The van der Waals surface area contributed by atoms with Crippen LogP contribution in [-0.4, -0.2) is 33.9 Å². The smallest absolute Gasteiger partial charge is 0.146 e. The highest BCUT2D eigenvalue weighted by molar-refractivity contribution is 5.55. The van der Waals surface area contributed by atoms with E-state index in [4.69, 9.17) is 4.74 Å². The van der Waals surface area contributed by atoms with Crippen molar-refractivity contribution >= 4 is 5.69 Å². The highest BCUT2D eigenvalue weighted by Gasteiger charge is 2.16. The zero-order valence-corrected chi connectivity index (χ0v) is 11.7. The fourth-order valence-electron chi connectivity index (χ4n) is 2.04. The van der Waals surface area contributed by atoms with E-state index in [0.29, 0.717) is 18.8 Å². The number of methoxy groups -OCH3 is 1.